The van der Waals surface area contributed by atoms with Gasteiger partial charge in [-0.1, -0.05) is 20.3 Å². The third-order valence-corrected chi connectivity index (χ3v) is 5.18. The number of likely N-dealkylation sites (tertiary alicyclic amines) is 1. The SMILES string of the molecule is CCCC(C)(CC)N1CC2C(C1)C2(N)CO. The first kappa shape index (κ1) is 12.3. The molecule has 1 saturated carbocycles. The molecule has 3 unspecified atom stereocenters. The van der Waals surface area contributed by atoms with Crippen LogP contribution in [0.25, 0.3) is 0 Å². The third kappa shape index (κ3) is 1.60. The van der Waals surface area contributed by atoms with E-state index in [9.17, 15) is 5.11 Å². The molecule has 0 spiro atoms. The van der Waals surface area contributed by atoms with Gasteiger partial charge in [0.05, 0.1) is 6.61 Å². The number of hydrogen-bond donors (Lipinski definition) is 2. The molecule has 0 bridgehead atoms. The Kier molecular flexibility index (Phi) is 3.06. The molecule has 2 fully saturated rings. The molecular weight excluding hydrogens is 200 g/mol. The Bertz CT molecular complexity index is 257. The second-order valence-corrected chi connectivity index (χ2v) is 5.99. The van der Waals surface area contributed by atoms with Crippen molar-refractivity contribution in [3.63, 3.8) is 0 Å². The number of aliphatic hydroxyl groups excluding tert-OH is 1. The van der Waals surface area contributed by atoms with Gasteiger partial charge in [0.25, 0.3) is 0 Å². The van der Waals surface area contributed by atoms with E-state index in [1.54, 1.807) is 0 Å². The van der Waals surface area contributed by atoms with Gasteiger partial charge in [-0.05, 0) is 31.6 Å². The summed E-state index contributed by atoms with van der Waals surface area (Å²) in [5, 5.41) is 9.28. The highest BCUT2D eigenvalue weighted by Gasteiger charge is 2.66. The Morgan fingerprint density at radius 2 is 1.94 bits per heavy atom. The van der Waals surface area contributed by atoms with Gasteiger partial charge in [-0.3, -0.25) is 4.90 Å². The summed E-state index contributed by atoms with van der Waals surface area (Å²) in [7, 11) is 0. The van der Waals surface area contributed by atoms with Gasteiger partial charge in [0.2, 0.25) is 0 Å². The molecule has 0 aromatic heterocycles. The van der Waals surface area contributed by atoms with Gasteiger partial charge in [-0.25, -0.2) is 0 Å². The molecule has 94 valence electrons. The van der Waals surface area contributed by atoms with E-state index in [2.05, 4.69) is 25.7 Å². The van der Waals surface area contributed by atoms with Crippen LogP contribution in [0.5, 0.6) is 0 Å². The van der Waals surface area contributed by atoms with Crippen LogP contribution < -0.4 is 5.73 Å². The summed E-state index contributed by atoms with van der Waals surface area (Å²) < 4.78 is 0. The van der Waals surface area contributed by atoms with Crippen molar-refractivity contribution in [2.45, 2.75) is 51.1 Å². The number of hydrogen-bond acceptors (Lipinski definition) is 3. The molecule has 3 atom stereocenters. The second-order valence-electron chi connectivity index (χ2n) is 5.99. The number of nitrogens with two attached hydrogens (primary N) is 1. The van der Waals surface area contributed by atoms with Crippen LogP contribution in [-0.2, 0) is 0 Å². The average molecular weight is 226 g/mol. The molecule has 1 aliphatic carbocycles. The molecule has 2 rings (SSSR count). The van der Waals surface area contributed by atoms with Gasteiger partial charge >= 0.3 is 0 Å². The molecule has 3 nitrogen and oxygen atoms in total. The average Bonchev–Trinajstić information content (AvgIpc) is 2.70. The largest absolute Gasteiger partial charge is 0.394 e. The minimum Gasteiger partial charge on any atom is -0.394 e. The summed E-state index contributed by atoms with van der Waals surface area (Å²) >= 11 is 0. The molecule has 1 saturated heterocycles. The van der Waals surface area contributed by atoms with Crippen molar-refractivity contribution in [2.75, 3.05) is 19.7 Å². The summed E-state index contributed by atoms with van der Waals surface area (Å²) in [6.07, 6.45) is 3.71. The van der Waals surface area contributed by atoms with Gasteiger partial charge in [-0.2, -0.15) is 0 Å². The van der Waals surface area contributed by atoms with Crippen molar-refractivity contribution in [1.29, 1.82) is 0 Å². The topological polar surface area (TPSA) is 49.5 Å². The minimum absolute atomic E-state index is 0.160. The molecular formula is C13H26N2O. The number of fused-ring (bicyclic) bond motifs is 1. The van der Waals surface area contributed by atoms with Crippen molar-refractivity contribution in [1.82, 2.24) is 4.90 Å². The molecule has 16 heavy (non-hydrogen) atoms. The van der Waals surface area contributed by atoms with E-state index < -0.39 is 0 Å². The number of piperidine rings is 1. The normalized spacial score (nSPS) is 41.8. The lowest BCUT2D eigenvalue weighted by Crippen LogP contribution is -2.49. The first-order valence-corrected chi connectivity index (χ1v) is 6.66. The number of nitrogens with zero attached hydrogens (tertiary/aromatic N) is 1. The maximum absolute atomic E-state index is 9.28. The van der Waals surface area contributed by atoms with Crippen molar-refractivity contribution in [3.05, 3.63) is 0 Å². The fraction of sp³-hybridized carbons (Fsp3) is 1.00. The highest BCUT2D eigenvalue weighted by Crippen LogP contribution is 2.55. The van der Waals surface area contributed by atoms with Crippen LogP contribution in [-0.4, -0.2) is 40.8 Å². The van der Waals surface area contributed by atoms with Gasteiger partial charge in [-0.15, -0.1) is 0 Å². The van der Waals surface area contributed by atoms with Gasteiger partial charge in [0, 0.05) is 24.2 Å². The van der Waals surface area contributed by atoms with E-state index in [4.69, 9.17) is 5.73 Å². The highest BCUT2D eigenvalue weighted by molar-refractivity contribution is 5.22. The van der Waals surface area contributed by atoms with Crippen LogP contribution in [0.3, 0.4) is 0 Å². The summed E-state index contributed by atoms with van der Waals surface area (Å²) in [5.74, 6) is 1.08. The zero-order valence-electron chi connectivity index (χ0n) is 10.9. The summed E-state index contributed by atoms with van der Waals surface area (Å²) in [6, 6.07) is 0. The van der Waals surface area contributed by atoms with Crippen molar-refractivity contribution >= 4 is 0 Å². The quantitative estimate of drug-likeness (QED) is 0.741. The second kappa shape index (κ2) is 3.97. The lowest BCUT2D eigenvalue weighted by Gasteiger charge is -2.40. The molecule has 2 aliphatic rings. The van der Waals surface area contributed by atoms with Crippen molar-refractivity contribution in [2.24, 2.45) is 17.6 Å². The molecule has 3 N–H and O–H groups in total. The smallest absolute Gasteiger partial charge is 0.0617 e. The van der Waals surface area contributed by atoms with Gasteiger partial charge < -0.3 is 10.8 Å². The fourth-order valence-electron chi connectivity index (χ4n) is 3.55. The Labute approximate surface area is 99.0 Å². The number of aliphatic hydroxyl groups is 1. The molecule has 0 aromatic rings. The maximum Gasteiger partial charge on any atom is 0.0617 e. The first-order valence-electron chi connectivity index (χ1n) is 6.66. The Hall–Kier alpha value is -0.120. The van der Waals surface area contributed by atoms with E-state index in [1.807, 2.05) is 0 Å². The molecule has 0 aromatic carbocycles. The molecule has 3 heteroatoms. The van der Waals surface area contributed by atoms with Gasteiger partial charge in [0.1, 0.15) is 0 Å². The molecule has 1 heterocycles. The molecule has 0 amide bonds. The zero-order valence-corrected chi connectivity index (χ0v) is 10.9. The van der Waals surface area contributed by atoms with E-state index in [-0.39, 0.29) is 12.1 Å². The monoisotopic (exact) mass is 226 g/mol. The molecule has 0 radical (unpaired) electrons. The predicted octanol–water partition coefficient (Wildman–Crippen LogP) is 1.21. The Morgan fingerprint density at radius 1 is 1.38 bits per heavy atom. The van der Waals surface area contributed by atoms with E-state index in [1.165, 1.54) is 19.3 Å². The standard InChI is InChI=1S/C13H26N2O/c1-4-6-12(3,5-2)15-7-10-11(8-15)13(10,14)9-16/h10-11,16H,4-9,14H2,1-3H3. The lowest BCUT2D eigenvalue weighted by molar-refractivity contribution is 0.0865. The summed E-state index contributed by atoms with van der Waals surface area (Å²) in [4.78, 5) is 2.60. The van der Waals surface area contributed by atoms with Crippen LogP contribution in [0, 0.1) is 11.8 Å². The first-order chi connectivity index (χ1) is 7.51. The molecule has 1 aliphatic heterocycles. The summed E-state index contributed by atoms with van der Waals surface area (Å²) in [6.45, 7) is 9.25. The minimum atomic E-state index is -0.239. The van der Waals surface area contributed by atoms with Crippen LogP contribution >= 0.6 is 0 Å². The highest BCUT2D eigenvalue weighted by atomic mass is 16.3. The van der Waals surface area contributed by atoms with Crippen molar-refractivity contribution in [3.8, 4) is 0 Å². The summed E-state index contributed by atoms with van der Waals surface area (Å²) in [5.41, 5.74) is 6.25. The van der Waals surface area contributed by atoms with Crippen LogP contribution in [0.2, 0.25) is 0 Å². The Morgan fingerprint density at radius 3 is 2.31 bits per heavy atom. The maximum atomic E-state index is 9.28. The van der Waals surface area contributed by atoms with E-state index in [0.717, 1.165) is 13.1 Å². The van der Waals surface area contributed by atoms with Crippen LogP contribution in [0.1, 0.15) is 40.0 Å². The van der Waals surface area contributed by atoms with Crippen molar-refractivity contribution < 1.29 is 5.11 Å². The predicted molar refractivity (Wildman–Crippen MR) is 66.2 cm³/mol. The van der Waals surface area contributed by atoms with Crippen LogP contribution in [0.4, 0.5) is 0 Å². The lowest BCUT2D eigenvalue weighted by atomic mass is 9.90. The zero-order chi connectivity index (χ0) is 12.0. The van der Waals surface area contributed by atoms with E-state index in [0.29, 0.717) is 17.4 Å². The third-order valence-electron chi connectivity index (χ3n) is 5.18. The van der Waals surface area contributed by atoms with Crippen LogP contribution in [0.15, 0.2) is 0 Å². The Balaban J connectivity index is 1.97. The fourth-order valence-corrected chi connectivity index (χ4v) is 3.55. The number of rotatable bonds is 5. The van der Waals surface area contributed by atoms with Gasteiger partial charge in [0.15, 0.2) is 0 Å². The van der Waals surface area contributed by atoms with E-state index >= 15 is 0 Å².